The van der Waals surface area contributed by atoms with Crippen LogP contribution in [0.4, 0.5) is 0 Å². The molecule has 0 aliphatic carbocycles. The summed E-state index contributed by atoms with van der Waals surface area (Å²) in [6, 6.07) is 0. The summed E-state index contributed by atoms with van der Waals surface area (Å²) in [6.07, 6.45) is 0. The number of rotatable bonds is 2. The number of carboxylic acid groups (broad SMARTS) is 1. The number of likely N-dealkylation sites (tertiary alicyclic amines) is 1. The highest BCUT2D eigenvalue weighted by molar-refractivity contribution is 7.11. The molecule has 2 heterocycles. The van der Waals surface area contributed by atoms with Crippen molar-refractivity contribution in [2.45, 2.75) is 20.8 Å². The molecule has 0 spiro atoms. The molecule has 1 aliphatic heterocycles. The van der Waals surface area contributed by atoms with Gasteiger partial charge < -0.3 is 10.0 Å². The van der Waals surface area contributed by atoms with Crippen molar-refractivity contribution in [3.05, 3.63) is 15.6 Å². The quantitative estimate of drug-likeness (QED) is 0.883. The molecule has 2 rings (SSSR count). The fourth-order valence-corrected chi connectivity index (χ4v) is 3.14. The molecule has 1 aromatic rings. The molecule has 1 fully saturated rings. The Hall–Kier alpha value is -1.43. The highest BCUT2D eigenvalue weighted by atomic mass is 32.1. The van der Waals surface area contributed by atoms with Gasteiger partial charge >= 0.3 is 5.97 Å². The monoisotopic (exact) mass is 268 g/mol. The normalized spacial score (nSPS) is 23.4. The number of hydrogen-bond acceptors (Lipinski definition) is 4. The Morgan fingerprint density at radius 2 is 2.06 bits per heavy atom. The summed E-state index contributed by atoms with van der Waals surface area (Å²) in [5.74, 6) is -1.45. The molecule has 1 aliphatic rings. The number of hydrogen-bond donors (Lipinski definition) is 1. The molecule has 0 bridgehead atoms. The van der Waals surface area contributed by atoms with E-state index in [4.69, 9.17) is 5.11 Å². The number of carbonyl (C=O) groups is 2. The third-order valence-corrected chi connectivity index (χ3v) is 4.21. The van der Waals surface area contributed by atoms with Gasteiger partial charge in [0.1, 0.15) is 5.69 Å². The number of aliphatic carboxylic acids is 1. The first kappa shape index (κ1) is 13.0. The molecule has 5 nitrogen and oxygen atoms in total. The van der Waals surface area contributed by atoms with Crippen LogP contribution >= 0.6 is 11.3 Å². The van der Waals surface area contributed by atoms with Crippen LogP contribution in [-0.4, -0.2) is 40.0 Å². The van der Waals surface area contributed by atoms with Crippen LogP contribution < -0.4 is 0 Å². The maximum atomic E-state index is 12.3. The summed E-state index contributed by atoms with van der Waals surface area (Å²) < 4.78 is 0. The fourth-order valence-electron chi connectivity index (χ4n) is 2.33. The number of aromatic nitrogens is 1. The lowest BCUT2D eigenvalue weighted by molar-refractivity contribution is -0.142. The SMILES string of the molecule is Cc1nc(C(=O)N2C[C@@H](C)[C@H](C(=O)O)C2)c(C)s1. The van der Waals surface area contributed by atoms with E-state index in [0.29, 0.717) is 12.2 Å². The van der Waals surface area contributed by atoms with Gasteiger partial charge in [0.2, 0.25) is 0 Å². The summed E-state index contributed by atoms with van der Waals surface area (Å²) in [4.78, 5) is 30.0. The first-order valence-electron chi connectivity index (χ1n) is 5.86. The third kappa shape index (κ3) is 2.25. The average Bonchev–Trinajstić information content (AvgIpc) is 2.81. The molecule has 0 unspecified atom stereocenters. The van der Waals surface area contributed by atoms with Crippen LogP contribution in [0, 0.1) is 25.7 Å². The number of aryl methyl sites for hydroxylation is 2. The van der Waals surface area contributed by atoms with E-state index in [0.717, 1.165) is 9.88 Å². The first-order chi connectivity index (χ1) is 8.40. The van der Waals surface area contributed by atoms with Gasteiger partial charge in [0, 0.05) is 18.0 Å². The van der Waals surface area contributed by atoms with Crippen molar-refractivity contribution in [2.75, 3.05) is 13.1 Å². The van der Waals surface area contributed by atoms with Gasteiger partial charge in [-0.3, -0.25) is 9.59 Å². The van der Waals surface area contributed by atoms with E-state index in [9.17, 15) is 9.59 Å². The van der Waals surface area contributed by atoms with Crippen LogP contribution in [0.15, 0.2) is 0 Å². The molecular weight excluding hydrogens is 252 g/mol. The predicted molar refractivity (Wildman–Crippen MR) is 67.8 cm³/mol. The Morgan fingerprint density at radius 1 is 1.39 bits per heavy atom. The van der Waals surface area contributed by atoms with Crippen LogP contribution in [0.3, 0.4) is 0 Å². The topological polar surface area (TPSA) is 70.5 Å². The zero-order valence-electron chi connectivity index (χ0n) is 10.6. The minimum atomic E-state index is -0.830. The maximum absolute atomic E-state index is 12.3. The van der Waals surface area contributed by atoms with Crippen LogP contribution in [0.2, 0.25) is 0 Å². The number of carboxylic acids is 1. The van der Waals surface area contributed by atoms with Gasteiger partial charge in [-0.15, -0.1) is 11.3 Å². The van der Waals surface area contributed by atoms with E-state index in [1.54, 1.807) is 4.90 Å². The molecular formula is C12H16N2O3S. The highest BCUT2D eigenvalue weighted by Crippen LogP contribution is 2.26. The Kier molecular flexibility index (Phi) is 3.38. The third-order valence-electron chi connectivity index (χ3n) is 3.32. The highest BCUT2D eigenvalue weighted by Gasteiger charge is 2.38. The second kappa shape index (κ2) is 4.68. The lowest BCUT2D eigenvalue weighted by atomic mass is 9.99. The maximum Gasteiger partial charge on any atom is 0.308 e. The molecule has 6 heteroatoms. The molecule has 1 saturated heterocycles. The van der Waals surface area contributed by atoms with Gasteiger partial charge in [-0.2, -0.15) is 0 Å². The van der Waals surface area contributed by atoms with Crippen molar-refractivity contribution >= 4 is 23.2 Å². The number of thiazole rings is 1. The number of nitrogens with zero attached hydrogens (tertiary/aromatic N) is 2. The average molecular weight is 268 g/mol. The van der Waals surface area contributed by atoms with E-state index < -0.39 is 11.9 Å². The van der Waals surface area contributed by atoms with Crippen LogP contribution in [0.25, 0.3) is 0 Å². The Balaban J connectivity index is 2.17. The summed E-state index contributed by atoms with van der Waals surface area (Å²) in [6.45, 7) is 6.37. The Labute approximate surface area is 109 Å². The van der Waals surface area contributed by atoms with Crippen LogP contribution in [0.1, 0.15) is 27.3 Å². The molecule has 2 atom stereocenters. The minimum Gasteiger partial charge on any atom is -0.481 e. The van der Waals surface area contributed by atoms with Gasteiger partial charge in [0.15, 0.2) is 0 Å². The van der Waals surface area contributed by atoms with E-state index in [2.05, 4.69) is 4.98 Å². The molecule has 1 N–H and O–H groups in total. The largest absolute Gasteiger partial charge is 0.481 e. The lowest BCUT2D eigenvalue weighted by Crippen LogP contribution is -2.30. The second-order valence-electron chi connectivity index (χ2n) is 4.77. The number of amides is 1. The first-order valence-corrected chi connectivity index (χ1v) is 6.68. The molecule has 0 aromatic carbocycles. The Bertz CT molecular complexity index is 498. The molecule has 0 saturated carbocycles. The molecule has 18 heavy (non-hydrogen) atoms. The van der Waals surface area contributed by atoms with E-state index >= 15 is 0 Å². The molecule has 1 aromatic heterocycles. The van der Waals surface area contributed by atoms with Crippen molar-refractivity contribution in [2.24, 2.45) is 11.8 Å². The van der Waals surface area contributed by atoms with Crippen molar-refractivity contribution < 1.29 is 14.7 Å². The lowest BCUT2D eigenvalue weighted by Gasteiger charge is -2.14. The summed E-state index contributed by atoms with van der Waals surface area (Å²) in [5.41, 5.74) is 0.468. The Morgan fingerprint density at radius 3 is 2.50 bits per heavy atom. The van der Waals surface area contributed by atoms with Gasteiger partial charge in [0.05, 0.1) is 10.9 Å². The van der Waals surface area contributed by atoms with E-state index in [1.807, 2.05) is 20.8 Å². The van der Waals surface area contributed by atoms with Crippen LogP contribution in [0.5, 0.6) is 0 Å². The van der Waals surface area contributed by atoms with Crippen molar-refractivity contribution in [3.8, 4) is 0 Å². The van der Waals surface area contributed by atoms with Gasteiger partial charge in [-0.1, -0.05) is 6.92 Å². The van der Waals surface area contributed by atoms with E-state index in [1.165, 1.54) is 11.3 Å². The van der Waals surface area contributed by atoms with Crippen molar-refractivity contribution in [1.82, 2.24) is 9.88 Å². The molecule has 0 radical (unpaired) electrons. The zero-order valence-corrected chi connectivity index (χ0v) is 11.5. The molecule has 98 valence electrons. The van der Waals surface area contributed by atoms with Crippen molar-refractivity contribution in [3.63, 3.8) is 0 Å². The molecule has 1 amide bonds. The standard InChI is InChI=1S/C12H16N2O3S/c1-6-4-14(5-9(6)12(16)17)11(15)10-7(2)18-8(3)13-10/h6,9H,4-5H2,1-3H3,(H,16,17)/t6-,9-/m1/s1. The summed E-state index contributed by atoms with van der Waals surface area (Å²) >= 11 is 1.49. The smallest absolute Gasteiger partial charge is 0.308 e. The van der Waals surface area contributed by atoms with Gasteiger partial charge in [-0.05, 0) is 19.8 Å². The van der Waals surface area contributed by atoms with Gasteiger partial charge in [-0.25, -0.2) is 4.98 Å². The zero-order chi connectivity index (χ0) is 13.4. The van der Waals surface area contributed by atoms with E-state index in [-0.39, 0.29) is 18.4 Å². The van der Waals surface area contributed by atoms with Gasteiger partial charge in [0.25, 0.3) is 5.91 Å². The fraction of sp³-hybridized carbons (Fsp3) is 0.583. The summed E-state index contributed by atoms with van der Waals surface area (Å²) in [7, 11) is 0. The minimum absolute atomic E-state index is 0.00788. The summed E-state index contributed by atoms with van der Waals surface area (Å²) in [5, 5.41) is 9.92. The van der Waals surface area contributed by atoms with Crippen molar-refractivity contribution in [1.29, 1.82) is 0 Å². The second-order valence-corrected chi connectivity index (χ2v) is 6.18. The predicted octanol–water partition coefficient (Wildman–Crippen LogP) is 1.55. The van der Waals surface area contributed by atoms with Crippen LogP contribution in [-0.2, 0) is 4.79 Å². The number of carbonyl (C=O) groups excluding carboxylic acids is 1.